The number of rotatable bonds is 8. The van der Waals surface area contributed by atoms with Crippen LogP contribution in [-0.2, 0) is 14.8 Å². The van der Waals surface area contributed by atoms with Crippen molar-refractivity contribution in [3.8, 4) is 23.0 Å². The second kappa shape index (κ2) is 9.88. The third kappa shape index (κ3) is 5.39. The lowest BCUT2D eigenvalue weighted by molar-refractivity contribution is -0.132. The first-order chi connectivity index (χ1) is 14.8. The number of carbonyl (C=O) groups is 1. The summed E-state index contributed by atoms with van der Waals surface area (Å²) in [6, 6.07) is 10.8. The molecule has 168 valence electrons. The van der Waals surface area contributed by atoms with Gasteiger partial charge < -0.3 is 24.2 Å². The van der Waals surface area contributed by atoms with E-state index in [0.717, 1.165) is 0 Å². The van der Waals surface area contributed by atoms with E-state index < -0.39 is 10.0 Å². The van der Waals surface area contributed by atoms with Gasteiger partial charge in [0.05, 0.1) is 32.1 Å². The molecule has 1 aliphatic heterocycles. The first kappa shape index (κ1) is 22.7. The van der Waals surface area contributed by atoms with Crippen LogP contribution in [0.1, 0.15) is 6.42 Å². The van der Waals surface area contributed by atoms with Crippen LogP contribution in [0.2, 0.25) is 0 Å². The molecule has 0 bridgehead atoms. The average Bonchev–Trinajstić information content (AvgIpc) is 2.78. The van der Waals surface area contributed by atoms with Gasteiger partial charge in [0.2, 0.25) is 15.9 Å². The van der Waals surface area contributed by atoms with Crippen molar-refractivity contribution in [2.75, 3.05) is 47.0 Å². The number of amides is 1. The number of phenols is 1. The Morgan fingerprint density at radius 1 is 1.00 bits per heavy atom. The maximum atomic E-state index is 13.0. The fourth-order valence-electron chi connectivity index (χ4n) is 3.29. The molecule has 0 spiro atoms. The maximum absolute atomic E-state index is 13.0. The van der Waals surface area contributed by atoms with Crippen LogP contribution in [0.15, 0.2) is 47.4 Å². The van der Waals surface area contributed by atoms with Crippen molar-refractivity contribution in [2.45, 2.75) is 11.3 Å². The second-order valence-electron chi connectivity index (χ2n) is 6.90. The minimum Gasteiger partial charge on any atom is -0.508 e. The van der Waals surface area contributed by atoms with Gasteiger partial charge in [-0.2, -0.15) is 4.31 Å². The van der Waals surface area contributed by atoms with Crippen molar-refractivity contribution in [1.82, 2.24) is 9.21 Å². The Labute approximate surface area is 181 Å². The quantitative estimate of drug-likeness (QED) is 0.653. The first-order valence-corrected chi connectivity index (χ1v) is 11.2. The lowest BCUT2D eigenvalue weighted by Gasteiger charge is -2.34. The summed E-state index contributed by atoms with van der Waals surface area (Å²) in [5, 5.41) is 9.43. The fraction of sp³-hybridized carbons (Fsp3) is 0.381. The van der Waals surface area contributed by atoms with Gasteiger partial charge in [-0.1, -0.05) is 6.07 Å². The van der Waals surface area contributed by atoms with E-state index in [1.54, 1.807) is 23.1 Å². The molecule has 0 aliphatic carbocycles. The number of sulfonamides is 1. The number of piperazine rings is 1. The maximum Gasteiger partial charge on any atom is 0.243 e. The van der Waals surface area contributed by atoms with Crippen molar-refractivity contribution >= 4 is 15.9 Å². The van der Waals surface area contributed by atoms with Gasteiger partial charge in [0.25, 0.3) is 0 Å². The molecule has 2 aromatic carbocycles. The summed E-state index contributed by atoms with van der Waals surface area (Å²) in [6.45, 7) is 1.19. The molecule has 0 unspecified atom stereocenters. The zero-order valence-corrected chi connectivity index (χ0v) is 18.3. The summed E-state index contributed by atoms with van der Waals surface area (Å²) in [4.78, 5) is 14.2. The predicted octanol–water partition coefficient (Wildman–Crippen LogP) is 1.71. The Morgan fingerprint density at radius 3 is 2.35 bits per heavy atom. The van der Waals surface area contributed by atoms with Crippen LogP contribution in [0.5, 0.6) is 23.0 Å². The van der Waals surface area contributed by atoms with Gasteiger partial charge in [-0.15, -0.1) is 0 Å². The van der Waals surface area contributed by atoms with Crippen LogP contribution in [0, 0.1) is 0 Å². The number of hydrogen-bond donors (Lipinski definition) is 1. The largest absolute Gasteiger partial charge is 0.508 e. The molecule has 0 aromatic heterocycles. The highest BCUT2D eigenvalue weighted by molar-refractivity contribution is 7.89. The van der Waals surface area contributed by atoms with E-state index in [2.05, 4.69) is 0 Å². The Morgan fingerprint density at radius 2 is 1.71 bits per heavy atom. The third-order valence-electron chi connectivity index (χ3n) is 4.99. The van der Waals surface area contributed by atoms with E-state index in [4.69, 9.17) is 14.2 Å². The average molecular weight is 451 g/mol. The summed E-state index contributed by atoms with van der Waals surface area (Å²) in [5.74, 6) is 1.26. The van der Waals surface area contributed by atoms with Gasteiger partial charge in [-0.3, -0.25) is 4.79 Å². The highest BCUT2D eigenvalue weighted by atomic mass is 32.2. The molecule has 1 heterocycles. The zero-order chi connectivity index (χ0) is 22.4. The minimum absolute atomic E-state index is 0.0932. The summed E-state index contributed by atoms with van der Waals surface area (Å²) in [6.07, 6.45) is 0.165. The lowest BCUT2D eigenvalue weighted by Crippen LogP contribution is -2.50. The molecule has 10 heteroatoms. The SMILES string of the molecule is COc1ccc(S(=O)(=O)N2CCN(C(=O)CCOc3cccc(O)c3)CC2)cc1OC. The standard InChI is InChI=1S/C21H26N2O7S/c1-28-19-7-6-18(15-20(19)29-2)31(26,27)23-11-9-22(10-12-23)21(25)8-13-30-17-5-3-4-16(24)14-17/h3-7,14-15,24H,8-13H2,1-2H3. The number of nitrogens with zero attached hydrogens (tertiary/aromatic N) is 2. The first-order valence-electron chi connectivity index (χ1n) is 9.77. The molecule has 1 amide bonds. The number of methoxy groups -OCH3 is 2. The lowest BCUT2D eigenvalue weighted by atomic mass is 10.3. The number of hydrogen-bond acceptors (Lipinski definition) is 7. The number of carbonyl (C=O) groups excluding carboxylic acids is 1. The van der Waals surface area contributed by atoms with Crippen molar-refractivity contribution in [3.63, 3.8) is 0 Å². The summed E-state index contributed by atoms with van der Waals surface area (Å²) < 4.78 is 43.1. The summed E-state index contributed by atoms with van der Waals surface area (Å²) in [7, 11) is -0.784. The van der Waals surface area contributed by atoms with Crippen LogP contribution in [0.25, 0.3) is 0 Å². The van der Waals surface area contributed by atoms with Crippen molar-refractivity contribution < 1.29 is 32.5 Å². The monoisotopic (exact) mass is 450 g/mol. The summed E-state index contributed by atoms with van der Waals surface area (Å²) >= 11 is 0. The van der Waals surface area contributed by atoms with Crippen molar-refractivity contribution in [1.29, 1.82) is 0 Å². The molecule has 1 aliphatic rings. The molecule has 2 aromatic rings. The van der Waals surface area contributed by atoms with E-state index in [1.807, 2.05) is 0 Å². The van der Waals surface area contributed by atoms with Crippen molar-refractivity contribution in [2.24, 2.45) is 0 Å². The molecular weight excluding hydrogens is 424 g/mol. The molecule has 0 radical (unpaired) electrons. The predicted molar refractivity (Wildman–Crippen MR) is 113 cm³/mol. The van der Waals surface area contributed by atoms with Gasteiger partial charge in [-0.05, 0) is 24.3 Å². The van der Waals surface area contributed by atoms with E-state index >= 15 is 0 Å². The van der Waals surface area contributed by atoms with E-state index in [9.17, 15) is 18.3 Å². The molecule has 3 rings (SSSR count). The number of aromatic hydroxyl groups is 1. The van der Waals surface area contributed by atoms with Crippen LogP contribution in [-0.4, -0.2) is 75.6 Å². The minimum atomic E-state index is -3.71. The van der Waals surface area contributed by atoms with Gasteiger partial charge in [0, 0.05) is 38.3 Å². The van der Waals surface area contributed by atoms with E-state index in [-0.39, 0.29) is 42.7 Å². The topological polar surface area (TPSA) is 106 Å². The van der Waals surface area contributed by atoms with Gasteiger partial charge >= 0.3 is 0 Å². The Balaban J connectivity index is 1.54. The fourth-order valence-corrected chi connectivity index (χ4v) is 4.73. The molecule has 9 nitrogen and oxygen atoms in total. The highest BCUT2D eigenvalue weighted by Gasteiger charge is 2.30. The van der Waals surface area contributed by atoms with E-state index in [0.29, 0.717) is 30.3 Å². The van der Waals surface area contributed by atoms with Gasteiger partial charge in [0.15, 0.2) is 11.5 Å². The summed E-state index contributed by atoms with van der Waals surface area (Å²) in [5.41, 5.74) is 0. The van der Waals surface area contributed by atoms with Crippen molar-refractivity contribution in [3.05, 3.63) is 42.5 Å². The zero-order valence-electron chi connectivity index (χ0n) is 17.5. The molecule has 0 saturated carbocycles. The number of ether oxygens (including phenoxy) is 3. The molecule has 1 N–H and O–H groups in total. The second-order valence-corrected chi connectivity index (χ2v) is 8.84. The Bertz CT molecular complexity index is 1020. The molecule has 1 fully saturated rings. The molecule has 31 heavy (non-hydrogen) atoms. The van der Waals surface area contributed by atoms with Crippen LogP contribution in [0.4, 0.5) is 0 Å². The Hall–Kier alpha value is -2.98. The van der Waals surface area contributed by atoms with Gasteiger partial charge in [0.1, 0.15) is 11.5 Å². The smallest absolute Gasteiger partial charge is 0.243 e. The van der Waals surface area contributed by atoms with Gasteiger partial charge in [-0.25, -0.2) is 8.42 Å². The normalized spacial score (nSPS) is 14.8. The van der Waals surface area contributed by atoms with E-state index in [1.165, 1.54) is 42.8 Å². The van der Waals surface area contributed by atoms with Crippen LogP contribution in [0.3, 0.4) is 0 Å². The number of phenolic OH excluding ortho intramolecular Hbond substituents is 1. The van der Waals surface area contributed by atoms with Crippen LogP contribution >= 0.6 is 0 Å². The third-order valence-corrected chi connectivity index (χ3v) is 6.88. The number of benzene rings is 2. The highest BCUT2D eigenvalue weighted by Crippen LogP contribution is 2.31. The Kier molecular flexibility index (Phi) is 7.24. The molecular formula is C21H26N2O7S. The van der Waals surface area contributed by atoms with Crippen LogP contribution < -0.4 is 14.2 Å². The molecule has 1 saturated heterocycles. The molecule has 0 atom stereocenters.